The zero-order chi connectivity index (χ0) is 14.7. The molecule has 0 aliphatic heterocycles. The Hall–Kier alpha value is -2.32. The molecule has 2 rings (SSSR count). The second kappa shape index (κ2) is 5.76. The largest absolute Gasteiger partial charge is 0.495 e. The van der Waals surface area contributed by atoms with E-state index < -0.39 is 0 Å². The summed E-state index contributed by atoms with van der Waals surface area (Å²) in [7, 11) is 1.56. The predicted octanol–water partition coefficient (Wildman–Crippen LogP) is 1.89. The Labute approximate surface area is 118 Å². The molecule has 5 nitrogen and oxygen atoms in total. The Morgan fingerprint density at radius 3 is 2.70 bits per heavy atom. The first-order chi connectivity index (χ1) is 9.60. The maximum Gasteiger partial charge on any atom is 0.136 e. The highest BCUT2D eigenvalue weighted by Gasteiger charge is 2.11. The van der Waals surface area contributed by atoms with Crippen LogP contribution in [0.5, 0.6) is 5.75 Å². The first-order valence-corrected chi connectivity index (χ1v) is 6.40. The second-order valence-corrected chi connectivity index (χ2v) is 4.66. The molecule has 0 spiro atoms. The van der Waals surface area contributed by atoms with Gasteiger partial charge in [-0.3, -0.25) is 4.68 Å². The predicted molar refractivity (Wildman–Crippen MR) is 76.4 cm³/mol. The van der Waals surface area contributed by atoms with E-state index in [4.69, 9.17) is 15.7 Å². The second-order valence-electron chi connectivity index (χ2n) is 4.66. The molecule has 0 aliphatic carbocycles. The third-order valence-electron chi connectivity index (χ3n) is 3.45. The van der Waals surface area contributed by atoms with E-state index in [1.807, 2.05) is 36.7 Å². The van der Waals surface area contributed by atoms with E-state index in [0.717, 1.165) is 22.5 Å². The van der Waals surface area contributed by atoms with Crippen molar-refractivity contribution < 1.29 is 4.74 Å². The van der Waals surface area contributed by atoms with Crippen LogP contribution in [0.25, 0.3) is 0 Å². The topological polar surface area (TPSA) is 76.9 Å². The van der Waals surface area contributed by atoms with E-state index in [9.17, 15) is 0 Å². The van der Waals surface area contributed by atoms with Crippen LogP contribution in [0.1, 0.15) is 28.1 Å². The molecule has 104 valence electrons. The lowest BCUT2D eigenvalue weighted by atomic mass is 10.1. The van der Waals surface area contributed by atoms with E-state index in [2.05, 4.69) is 11.2 Å². The van der Waals surface area contributed by atoms with E-state index in [-0.39, 0.29) is 0 Å². The molecular weight excluding hydrogens is 252 g/mol. The molecule has 0 fully saturated rings. The maximum atomic E-state index is 9.11. The number of methoxy groups -OCH3 is 1. The number of ether oxygens (including phenoxy) is 1. The summed E-state index contributed by atoms with van der Waals surface area (Å²) in [4.78, 5) is 0. The van der Waals surface area contributed by atoms with Gasteiger partial charge in [-0.25, -0.2) is 0 Å². The van der Waals surface area contributed by atoms with Crippen LogP contribution in [-0.2, 0) is 13.1 Å². The van der Waals surface area contributed by atoms with Crippen LogP contribution < -0.4 is 10.5 Å². The molecule has 0 amide bonds. The molecule has 0 saturated heterocycles. The molecule has 0 radical (unpaired) electrons. The zero-order valence-corrected chi connectivity index (χ0v) is 12.0. The number of nitrogens with zero attached hydrogens (tertiary/aromatic N) is 3. The summed E-state index contributed by atoms with van der Waals surface area (Å²) in [6, 6.07) is 7.72. The van der Waals surface area contributed by atoms with Crippen molar-refractivity contribution >= 4 is 0 Å². The van der Waals surface area contributed by atoms with Gasteiger partial charge < -0.3 is 10.5 Å². The first-order valence-electron chi connectivity index (χ1n) is 6.40. The Morgan fingerprint density at radius 1 is 1.40 bits per heavy atom. The number of hydrogen-bond donors (Lipinski definition) is 1. The highest BCUT2D eigenvalue weighted by atomic mass is 16.5. The van der Waals surface area contributed by atoms with Crippen molar-refractivity contribution in [2.45, 2.75) is 26.9 Å². The number of rotatable bonds is 4. The van der Waals surface area contributed by atoms with Gasteiger partial charge in [-0.1, -0.05) is 6.07 Å². The molecule has 1 aromatic carbocycles. The highest BCUT2D eigenvalue weighted by Crippen LogP contribution is 2.20. The Morgan fingerprint density at radius 2 is 2.15 bits per heavy atom. The molecule has 5 heteroatoms. The van der Waals surface area contributed by atoms with Crippen LogP contribution in [0.3, 0.4) is 0 Å². The summed E-state index contributed by atoms with van der Waals surface area (Å²) >= 11 is 0. The van der Waals surface area contributed by atoms with E-state index in [1.165, 1.54) is 0 Å². The van der Waals surface area contributed by atoms with Crippen molar-refractivity contribution in [2.24, 2.45) is 5.73 Å². The Balaban J connectivity index is 2.34. The maximum absolute atomic E-state index is 9.11. The van der Waals surface area contributed by atoms with E-state index in [1.54, 1.807) is 7.11 Å². The minimum absolute atomic E-state index is 0.490. The number of hydrogen-bond acceptors (Lipinski definition) is 4. The smallest absolute Gasteiger partial charge is 0.136 e. The fourth-order valence-corrected chi connectivity index (χ4v) is 2.30. The highest BCUT2D eigenvalue weighted by molar-refractivity contribution is 5.45. The quantitative estimate of drug-likeness (QED) is 0.920. The molecule has 2 N–H and O–H groups in total. The monoisotopic (exact) mass is 270 g/mol. The summed E-state index contributed by atoms with van der Waals surface area (Å²) < 4.78 is 7.06. The average molecular weight is 270 g/mol. The Kier molecular flexibility index (Phi) is 4.06. The summed E-state index contributed by atoms with van der Waals surface area (Å²) in [5, 5.41) is 13.6. The lowest BCUT2D eigenvalue weighted by molar-refractivity contribution is 0.413. The third-order valence-corrected chi connectivity index (χ3v) is 3.45. The fourth-order valence-electron chi connectivity index (χ4n) is 2.30. The van der Waals surface area contributed by atoms with E-state index >= 15 is 0 Å². The van der Waals surface area contributed by atoms with Crippen LogP contribution in [0.4, 0.5) is 0 Å². The Bertz CT molecular complexity index is 667. The van der Waals surface area contributed by atoms with Gasteiger partial charge in [-0.15, -0.1) is 0 Å². The number of aryl methyl sites for hydroxylation is 1. The van der Waals surface area contributed by atoms with Gasteiger partial charge in [0, 0.05) is 17.8 Å². The summed E-state index contributed by atoms with van der Waals surface area (Å²) in [6.45, 7) is 5.08. The summed E-state index contributed by atoms with van der Waals surface area (Å²) in [6.07, 6.45) is 0. The molecule has 1 heterocycles. The first kappa shape index (κ1) is 14.1. The normalized spacial score (nSPS) is 10.3. The average Bonchev–Trinajstić information content (AvgIpc) is 2.72. The van der Waals surface area contributed by atoms with Crippen LogP contribution >= 0.6 is 0 Å². The lowest BCUT2D eigenvalue weighted by Crippen LogP contribution is -2.06. The van der Waals surface area contributed by atoms with Crippen LogP contribution in [0.2, 0.25) is 0 Å². The van der Waals surface area contributed by atoms with Crippen molar-refractivity contribution in [1.82, 2.24) is 9.78 Å². The number of aromatic nitrogens is 2. The molecule has 0 unspecified atom stereocenters. The van der Waals surface area contributed by atoms with Gasteiger partial charge in [-0.2, -0.15) is 10.4 Å². The zero-order valence-electron chi connectivity index (χ0n) is 12.0. The van der Waals surface area contributed by atoms with Crippen LogP contribution in [0.15, 0.2) is 18.2 Å². The van der Waals surface area contributed by atoms with Crippen molar-refractivity contribution in [3.63, 3.8) is 0 Å². The fraction of sp³-hybridized carbons (Fsp3) is 0.333. The molecule has 0 atom stereocenters. The molecule has 0 bridgehead atoms. The SMILES string of the molecule is COc1ccc(Cn2nc(C)c(CN)c2C)cc1C#N. The van der Waals surface area contributed by atoms with Gasteiger partial charge in [0.2, 0.25) is 0 Å². The van der Waals surface area contributed by atoms with E-state index in [0.29, 0.717) is 24.4 Å². The molecular formula is C15H18N4O. The van der Waals surface area contributed by atoms with Crippen molar-refractivity contribution in [2.75, 3.05) is 7.11 Å². The van der Waals surface area contributed by atoms with Crippen molar-refractivity contribution in [1.29, 1.82) is 5.26 Å². The van der Waals surface area contributed by atoms with Crippen molar-refractivity contribution in [3.05, 3.63) is 46.3 Å². The van der Waals surface area contributed by atoms with Gasteiger partial charge in [0.15, 0.2) is 0 Å². The lowest BCUT2D eigenvalue weighted by Gasteiger charge is -2.08. The number of benzene rings is 1. The third kappa shape index (κ3) is 2.51. The molecule has 20 heavy (non-hydrogen) atoms. The van der Waals surface area contributed by atoms with Gasteiger partial charge in [0.25, 0.3) is 0 Å². The van der Waals surface area contributed by atoms with Gasteiger partial charge in [0.1, 0.15) is 11.8 Å². The van der Waals surface area contributed by atoms with Crippen LogP contribution in [0, 0.1) is 25.2 Å². The molecule has 0 saturated carbocycles. The van der Waals surface area contributed by atoms with Gasteiger partial charge in [0.05, 0.1) is 24.9 Å². The standard InChI is InChI=1S/C15H18N4O/c1-10-14(8-17)11(2)19(18-10)9-12-4-5-15(20-3)13(6-12)7-16/h4-6H,8-9,17H2,1-3H3. The summed E-state index contributed by atoms with van der Waals surface area (Å²) in [5.74, 6) is 0.590. The molecule has 1 aromatic heterocycles. The summed E-state index contributed by atoms with van der Waals surface area (Å²) in [5.41, 5.74) is 10.4. The number of nitriles is 1. The van der Waals surface area contributed by atoms with Crippen LogP contribution in [-0.4, -0.2) is 16.9 Å². The minimum Gasteiger partial charge on any atom is -0.495 e. The van der Waals surface area contributed by atoms with Crippen molar-refractivity contribution in [3.8, 4) is 11.8 Å². The molecule has 0 aliphatic rings. The van der Waals surface area contributed by atoms with Gasteiger partial charge in [-0.05, 0) is 31.5 Å². The number of nitrogens with two attached hydrogens (primary N) is 1. The molecule has 2 aromatic rings. The minimum atomic E-state index is 0.490. The van der Waals surface area contributed by atoms with Gasteiger partial charge >= 0.3 is 0 Å².